The first-order valence-electron chi connectivity index (χ1n) is 5.37. The van der Waals surface area contributed by atoms with E-state index >= 15 is 0 Å². The van der Waals surface area contributed by atoms with Gasteiger partial charge in [-0.2, -0.15) is 5.26 Å². The summed E-state index contributed by atoms with van der Waals surface area (Å²) in [4.78, 5) is 15.4. The third-order valence-corrected chi connectivity index (χ3v) is 3.18. The Morgan fingerprint density at radius 2 is 2.18 bits per heavy atom. The van der Waals surface area contributed by atoms with Gasteiger partial charge in [0.2, 0.25) is 0 Å². The number of H-pyrrole nitrogens is 1. The molecule has 0 aliphatic carbocycles. The Morgan fingerprint density at radius 3 is 2.82 bits per heavy atom. The molecule has 17 heavy (non-hydrogen) atoms. The van der Waals surface area contributed by atoms with E-state index in [4.69, 9.17) is 10.00 Å². The second-order valence-electron chi connectivity index (χ2n) is 4.26. The summed E-state index contributed by atoms with van der Waals surface area (Å²) >= 11 is 0. The number of hydrogen-bond donors (Lipinski definition) is 1. The molecule has 0 bridgehead atoms. The van der Waals surface area contributed by atoms with Crippen LogP contribution in [0.15, 0.2) is 30.5 Å². The van der Waals surface area contributed by atoms with E-state index in [9.17, 15) is 4.79 Å². The molecule has 0 radical (unpaired) electrons. The van der Waals surface area contributed by atoms with Crippen LogP contribution in [0.4, 0.5) is 0 Å². The van der Waals surface area contributed by atoms with Crippen LogP contribution < -0.4 is 0 Å². The van der Waals surface area contributed by atoms with Crippen LogP contribution in [0.5, 0.6) is 0 Å². The number of aromatic nitrogens is 1. The first-order chi connectivity index (χ1) is 8.27. The SMILES string of the molecule is N#CC1(C(=O)c2c[nH]c3ccccc23)COC1. The van der Waals surface area contributed by atoms with Crippen LogP contribution in [0, 0.1) is 16.7 Å². The van der Waals surface area contributed by atoms with E-state index < -0.39 is 5.41 Å². The van der Waals surface area contributed by atoms with Gasteiger partial charge in [-0.05, 0) is 6.07 Å². The summed E-state index contributed by atoms with van der Waals surface area (Å²) < 4.78 is 5.01. The molecule has 2 heterocycles. The van der Waals surface area contributed by atoms with Gasteiger partial charge >= 0.3 is 0 Å². The fraction of sp³-hybridized carbons (Fsp3) is 0.231. The molecule has 2 aromatic rings. The fourth-order valence-electron chi connectivity index (χ4n) is 2.07. The lowest BCUT2D eigenvalue weighted by Gasteiger charge is -2.33. The molecule has 4 nitrogen and oxygen atoms in total. The summed E-state index contributed by atoms with van der Waals surface area (Å²) in [6.45, 7) is 0.393. The molecule has 0 saturated carbocycles. The van der Waals surface area contributed by atoms with Gasteiger partial charge < -0.3 is 9.72 Å². The molecule has 1 aliphatic rings. The van der Waals surface area contributed by atoms with E-state index in [2.05, 4.69) is 11.1 Å². The number of para-hydroxylation sites is 1. The molecular weight excluding hydrogens is 216 g/mol. The van der Waals surface area contributed by atoms with Gasteiger partial charge in [0, 0.05) is 22.7 Å². The Kier molecular flexibility index (Phi) is 2.03. The van der Waals surface area contributed by atoms with Crippen LogP contribution in [0.25, 0.3) is 10.9 Å². The highest BCUT2D eigenvalue weighted by Gasteiger charge is 2.47. The van der Waals surface area contributed by atoms with Gasteiger partial charge in [-0.1, -0.05) is 18.2 Å². The smallest absolute Gasteiger partial charge is 0.189 e. The number of carbonyl (C=O) groups is 1. The maximum absolute atomic E-state index is 12.3. The van der Waals surface area contributed by atoms with Gasteiger partial charge in [0.15, 0.2) is 11.2 Å². The predicted octanol–water partition coefficient (Wildman–Crippen LogP) is 1.89. The topological polar surface area (TPSA) is 65.9 Å². The van der Waals surface area contributed by atoms with Gasteiger partial charge in [-0.3, -0.25) is 4.79 Å². The standard InChI is InChI=1S/C13H10N2O2/c14-6-13(7-17-8-13)12(16)10-5-15-11-4-2-1-3-9(10)11/h1-5,15H,7-8H2. The second-order valence-corrected chi connectivity index (χ2v) is 4.26. The van der Waals surface area contributed by atoms with Crippen molar-refractivity contribution in [1.82, 2.24) is 4.98 Å². The van der Waals surface area contributed by atoms with Crippen LogP contribution in [0.3, 0.4) is 0 Å². The molecule has 1 N–H and O–H groups in total. The summed E-state index contributed by atoms with van der Waals surface area (Å²) in [5.74, 6) is -0.149. The van der Waals surface area contributed by atoms with E-state index in [1.165, 1.54) is 0 Å². The average Bonchev–Trinajstić information content (AvgIpc) is 2.71. The monoisotopic (exact) mass is 226 g/mol. The highest BCUT2D eigenvalue weighted by Crippen LogP contribution is 2.33. The van der Waals surface area contributed by atoms with Gasteiger partial charge in [0.05, 0.1) is 19.3 Å². The van der Waals surface area contributed by atoms with E-state index in [0.29, 0.717) is 5.56 Å². The maximum Gasteiger partial charge on any atom is 0.189 e. The lowest BCUT2D eigenvalue weighted by molar-refractivity contribution is -0.0565. The highest BCUT2D eigenvalue weighted by atomic mass is 16.5. The van der Waals surface area contributed by atoms with Crippen LogP contribution >= 0.6 is 0 Å². The zero-order valence-corrected chi connectivity index (χ0v) is 9.06. The Morgan fingerprint density at radius 1 is 1.41 bits per heavy atom. The van der Waals surface area contributed by atoms with Crippen LogP contribution in [0.1, 0.15) is 10.4 Å². The average molecular weight is 226 g/mol. The van der Waals surface area contributed by atoms with E-state index in [-0.39, 0.29) is 19.0 Å². The second kappa shape index (κ2) is 3.44. The van der Waals surface area contributed by atoms with Crippen molar-refractivity contribution in [2.75, 3.05) is 13.2 Å². The zero-order chi connectivity index (χ0) is 11.9. The predicted molar refractivity (Wildman–Crippen MR) is 61.5 cm³/mol. The largest absolute Gasteiger partial charge is 0.377 e. The van der Waals surface area contributed by atoms with Crippen molar-refractivity contribution in [3.8, 4) is 6.07 Å². The van der Waals surface area contributed by atoms with Crippen molar-refractivity contribution in [1.29, 1.82) is 5.26 Å². The number of Topliss-reactive ketones (excluding diaryl/α,β-unsaturated/α-hetero) is 1. The molecule has 0 amide bonds. The summed E-state index contributed by atoms with van der Waals surface area (Å²) in [5, 5.41) is 9.98. The molecule has 0 spiro atoms. The number of nitrogens with one attached hydrogen (secondary N) is 1. The minimum absolute atomic E-state index is 0.149. The zero-order valence-electron chi connectivity index (χ0n) is 9.06. The fourth-order valence-corrected chi connectivity index (χ4v) is 2.07. The molecular formula is C13H10N2O2. The highest BCUT2D eigenvalue weighted by molar-refractivity contribution is 6.12. The van der Waals surface area contributed by atoms with Crippen molar-refractivity contribution < 1.29 is 9.53 Å². The van der Waals surface area contributed by atoms with Crippen molar-refractivity contribution in [2.45, 2.75) is 0 Å². The lowest BCUT2D eigenvalue weighted by atomic mass is 9.80. The summed E-state index contributed by atoms with van der Waals surface area (Å²) in [5.41, 5.74) is 0.500. The molecule has 84 valence electrons. The molecule has 3 rings (SSSR count). The van der Waals surface area contributed by atoms with Crippen LogP contribution in [-0.2, 0) is 4.74 Å². The molecule has 0 unspecified atom stereocenters. The van der Waals surface area contributed by atoms with Crippen LogP contribution in [-0.4, -0.2) is 24.0 Å². The molecule has 1 aliphatic heterocycles. The van der Waals surface area contributed by atoms with Crippen LogP contribution in [0.2, 0.25) is 0 Å². The third-order valence-electron chi connectivity index (χ3n) is 3.18. The number of ether oxygens (including phenoxy) is 1. The van der Waals surface area contributed by atoms with Gasteiger partial charge in [-0.25, -0.2) is 0 Å². The van der Waals surface area contributed by atoms with Crippen molar-refractivity contribution in [3.63, 3.8) is 0 Å². The first-order valence-corrected chi connectivity index (χ1v) is 5.37. The van der Waals surface area contributed by atoms with E-state index in [0.717, 1.165) is 10.9 Å². The maximum atomic E-state index is 12.3. The molecule has 1 saturated heterocycles. The number of fused-ring (bicyclic) bond motifs is 1. The summed E-state index contributed by atoms with van der Waals surface area (Å²) in [6.07, 6.45) is 1.67. The minimum atomic E-state index is -0.981. The number of aromatic amines is 1. The first kappa shape index (κ1) is 10.1. The van der Waals surface area contributed by atoms with Crippen molar-refractivity contribution in [2.24, 2.45) is 5.41 Å². The summed E-state index contributed by atoms with van der Waals surface area (Å²) in [7, 11) is 0. The lowest BCUT2D eigenvalue weighted by Crippen LogP contribution is -2.47. The van der Waals surface area contributed by atoms with Crippen molar-refractivity contribution in [3.05, 3.63) is 36.0 Å². The molecule has 4 heteroatoms. The number of rotatable bonds is 2. The van der Waals surface area contributed by atoms with Gasteiger partial charge in [0.25, 0.3) is 0 Å². The Balaban J connectivity index is 2.11. The quantitative estimate of drug-likeness (QED) is 0.795. The molecule has 0 atom stereocenters. The van der Waals surface area contributed by atoms with Gasteiger partial charge in [0.1, 0.15) is 0 Å². The Hall–Kier alpha value is -2.12. The number of nitriles is 1. The number of nitrogens with zero attached hydrogens (tertiary/aromatic N) is 1. The molecule has 1 aromatic heterocycles. The number of carbonyl (C=O) groups excluding carboxylic acids is 1. The third kappa shape index (κ3) is 1.30. The van der Waals surface area contributed by atoms with Crippen molar-refractivity contribution >= 4 is 16.7 Å². The molecule has 1 aromatic carbocycles. The summed E-state index contributed by atoms with van der Waals surface area (Å²) in [6, 6.07) is 9.64. The Labute approximate surface area is 97.8 Å². The number of ketones is 1. The van der Waals surface area contributed by atoms with E-state index in [1.54, 1.807) is 6.20 Å². The van der Waals surface area contributed by atoms with E-state index in [1.807, 2.05) is 24.3 Å². The number of hydrogen-bond acceptors (Lipinski definition) is 3. The Bertz CT molecular complexity index is 632. The normalized spacial score (nSPS) is 17.4. The van der Waals surface area contributed by atoms with Gasteiger partial charge in [-0.15, -0.1) is 0 Å². The molecule has 1 fully saturated rings. The number of benzene rings is 1. The minimum Gasteiger partial charge on any atom is -0.377 e.